The van der Waals surface area contributed by atoms with E-state index < -0.39 is 0 Å². The lowest BCUT2D eigenvalue weighted by molar-refractivity contribution is -0.115. The van der Waals surface area contributed by atoms with E-state index in [2.05, 4.69) is 22.5 Å². The molecule has 2 N–H and O–H groups in total. The average Bonchev–Trinajstić information content (AvgIpc) is 2.93. The Morgan fingerprint density at radius 2 is 1.88 bits per heavy atom. The second-order valence-corrected chi connectivity index (χ2v) is 7.49. The van der Waals surface area contributed by atoms with E-state index in [9.17, 15) is 9.59 Å². The Balaban J connectivity index is 1.96. The fourth-order valence-corrected chi connectivity index (χ4v) is 3.26. The summed E-state index contributed by atoms with van der Waals surface area (Å²) in [5.74, 6) is 0.138. The van der Waals surface area contributed by atoms with Crippen LogP contribution >= 0.6 is 11.3 Å². The molecule has 0 aliphatic rings. The molecule has 2 rings (SSSR count). The number of hydrogen-bond donors (Lipinski definition) is 2. The molecule has 0 fully saturated rings. The molecule has 0 saturated carbocycles. The van der Waals surface area contributed by atoms with Gasteiger partial charge in [0.15, 0.2) is 0 Å². The summed E-state index contributed by atoms with van der Waals surface area (Å²) < 4.78 is 0. The van der Waals surface area contributed by atoms with Crippen molar-refractivity contribution in [1.82, 2.24) is 10.3 Å². The van der Waals surface area contributed by atoms with E-state index in [1.54, 1.807) is 6.92 Å². The highest BCUT2D eigenvalue weighted by Crippen LogP contribution is 2.19. The molecule has 25 heavy (non-hydrogen) atoms. The van der Waals surface area contributed by atoms with Crippen LogP contribution in [0.3, 0.4) is 0 Å². The summed E-state index contributed by atoms with van der Waals surface area (Å²) in [5.41, 5.74) is 2.66. The third-order valence-corrected chi connectivity index (χ3v) is 4.83. The first-order valence-corrected chi connectivity index (χ1v) is 9.34. The van der Waals surface area contributed by atoms with E-state index in [1.165, 1.54) is 16.9 Å². The van der Waals surface area contributed by atoms with Crippen LogP contribution in [0.15, 0.2) is 24.3 Å². The molecule has 1 aromatic heterocycles. The van der Waals surface area contributed by atoms with Gasteiger partial charge < -0.3 is 10.6 Å². The normalized spacial score (nSPS) is 10.8. The Morgan fingerprint density at radius 1 is 1.20 bits per heavy atom. The van der Waals surface area contributed by atoms with E-state index in [0.29, 0.717) is 28.0 Å². The number of hydrogen-bond acceptors (Lipinski definition) is 4. The van der Waals surface area contributed by atoms with Crippen molar-refractivity contribution >= 4 is 28.8 Å². The zero-order valence-electron chi connectivity index (χ0n) is 15.2. The quantitative estimate of drug-likeness (QED) is 0.794. The van der Waals surface area contributed by atoms with Crippen LogP contribution in [-0.4, -0.2) is 23.3 Å². The molecule has 0 atom stereocenters. The number of amides is 2. The molecule has 0 aliphatic carbocycles. The fourth-order valence-electron chi connectivity index (χ4n) is 2.28. The molecule has 1 aromatic carbocycles. The number of benzene rings is 1. The molecule has 6 heteroatoms. The molecular weight excluding hydrogens is 334 g/mol. The maximum atomic E-state index is 12.2. The minimum absolute atomic E-state index is 0.120. The lowest BCUT2D eigenvalue weighted by Gasteiger charge is -2.06. The number of carbonyl (C=O) groups is 2. The molecule has 0 spiro atoms. The van der Waals surface area contributed by atoms with Crippen LogP contribution in [0.1, 0.15) is 46.7 Å². The van der Waals surface area contributed by atoms with Crippen LogP contribution < -0.4 is 10.6 Å². The monoisotopic (exact) mass is 359 g/mol. The van der Waals surface area contributed by atoms with Crippen LogP contribution in [0.5, 0.6) is 0 Å². The van der Waals surface area contributed by atoms with Crippen molar-refractivity contribution in [3.05, 3.63) is 45.4 Å². The van der Waals surface area contributed by atoms with Crippen molar-refractivity contribution < 1.29 is 9.59 Å². The van der Waals surface area contributed by atoms with Crippen molar-refractivity contribution in [2.75, 3.05) is 11.9 Å². The SMILES string of the molecule is CCc1ccc(NC(=O)Cc2nc(C)c(C(=O)NCC(C)C)s2)cc1. The highest BCUT2D eigenvalue weighted by molar-refractivity contribution is 7.13. The van der Waals surface area contributed by atoms with Crippen molar-refractivity contribution in [1.29, 1.82) is 0 Å². The summed E-state index contributed by atoms with van der Waals surface area (Å²) in [6, 6.07) is 7.80. The second-order valence-electron chi connectivity index (χ2n) is 6.40. The molecule has 5 nitrogen and oxygen atoms in total. The molecular formula is C19H25N3O2S. The highest BCUT2D eigenvalue weighted by atomic mass is 32.1. The molecule has 0 unspecified atom stereocenters. The Morgan fingerprint density at radius 3 is 2.48 bits per heavy atom. The smallest absolute Gasteiger partial charge is 0.263 e. The summed E-state index contributed by atoms with van der Waals surface area (Å²) in [6.07, 6.45) is 1.13. The first-order valence-electron chi connectivity index (χ1n) is 8.52. The van der Waals surface area contributed by atoms with Crippen LogP contribution in [0.4, 0.5) is 5.69 Å². The number of anilines is 1. The van der Waals surface area contributed by atoms with Crippen LogP contribution in [-0.2, 0) is 17.6 Å². The molecule has 0 saturated heterocycles. The summed E-state index contributed by atoms with van der Waals surface area (Å²) in [6.45, 7) is 8.60. The van der Waals surface area contributed by atoms with Gasteiger partial charge in [0.2, 0.25) is 5.91 Å². The Hall–Kier alpha value is -2.21. The van der Waals surface area contributed by atoms with Gasteiger partial charge in [0.05, 0.1) is 12.1 Å². The maximum Gasteiger partial charge on any atom is 0.263 e. The average molecular weight is 359 g/mol. The van der Waals surface area contributed by atoms with Gasteiger partial charge in [-0.25, -0.2) is 4.98 Å². The first kappa shape index (κ1) is 19.1. The summed E-state index contributed by atoms with van der Waals surface area (Å²) >= 11 is 1.28. The molecule has 2 aromatic rings. The Labute approximate surface area is 152 Å². The summed E-state index contributed by atoms with van der Waals surface area (Å²) in [4.78, 5) is 29.3. The number of carbonyl (C=O) groups excluding carboxylic acids is 2. The van der Waals surface area contributed by atoms with E-state index in [0.717, 1.165) is 12.1 Å². The van der Waals surface area contributed by atoms with Gasteiger partial charge in [0.1, 0.15) is 9.88 Å². The zero-order valence-corrected chi connectivity index (χ0v) is 16.0. The summed E-state index contributed by atoms with van der Waals surface area (Å²) in [5, 5.41) is 6.40. The molecule has 1 heterocycles. The number of rotatable bonds is 7. The number of aromatic nitrogens is 1. The first-order chi connectivity index (χ1) is 11.9. The molecule has 0 bridgehead atoms. The third kappa shape index (κ3) is 5.67. The number of nitrogens with zero attached hydrogens (tertiary/aromatic N) is 1. The largest absolute Gasteiger partial charge is 0.351 e. The zero-order chi connectivity index (χ0) is 18.4. The number of aryl methyl sites for hydroxylation is 2. The van der Waals surface area contributed by atoms with Crippen molar-refractivity contribution in [3.63, 3.8) is 0 Å². The number of nitrogens with one attached hydrogen (secondary N) is 2. The van der Waals surface area contributed by atoms with Crippen LogP contribution in [0, 0.1) is 12.8 Å². The predicted octanol–water partition coefficient (Wildman–Crippen LogP) is 3.58. The van der Waals surface area contributed by atoms with E-state index in [-0.39, 0.29) is 18.2 Å². The molecule has 0 radical (unpaired) electrons. The minimum atomic E-state index is -0.132. The van der Waals surface area contributed by atoms with Gasteiger partial charge in [-0.3, -0.25) is 9.59 Å². The van der Waals surface area contributed by atoms with Gasteiger partial charge in [0.25, 0.3) is 5.91 Å². The van der Waals surface area contributed by atoms with Gasteiger partial charge in [-0.2, -0.15) is 0 Å². The lowest BCUT2D eigenvalue weighted by Crippen LogP contribution is -2.27. The molecule has 2 amide bonds. The minimum Gasteiger partial charge on any atom is -0.351 e. The standard InChI is InChI=1S/C19H25N3O2S/c1-5-14-6-8-15(9-7-14)22-16(23)10-17-21-13(4)18(25-17)19(24)20-11-12(2)3/h6-9,12H,5,10-11H2,1-4H3,(H,20,24)(H,22,23). The van der Waals surface area contributed by atoms with E-state index >= 15 is 0 Å². The van der Waals surface area contributed by atoms with Gasteiger partial charge in [-0.15, -0.1) is 11.3 Å². The molecule has 0 aliphatic heterocycles. The Kier molecular flexibility index (Phi) is 6.70. The van der Waals surface area contributed by atoms with Crippen molar-refractivity contribution in [2.45, 2.75) is 40.5 Å². The van der Waals surface area contributed by atoms with E-state index in [4.69, 9.17) is 0 Å². The third-order valence-electron chi connectivity index (χ3n) is 3.68. The van der Waals surface area contributed by atoms with E-state index in [1.807, 2.05) is 38.1 Å². The molecule has 134 valence electrons. The van der Waals surface area contributed by atoms with Crippen molar-refractivity contribution in [2.24, 2.45) is 5.92 Å². The number of thiazole rings is 1. The second kappa shape index (κ2) is 8.76. The topological polar surface area (TPSA) is 71.1 Å². The van der Waals surface area contributed by atoms with Gasteiger partial charge in [-0.05, 0) is 37.0 Å². The highest BCUT2D eigenvalue weighted by Gasteiger charge is 2.17. The van der Waals surface area contributed by atoms with Gasteiger partial charge in [-0.1, -0.05) is 32.9 Å². The lowest BCUT2D eigenvalue weighted by atomic mass is 10.1. The summed E-state index contributed by atoms with van der Waals surface area (Å²) in [7, 11) is 0. The van der Waals surface area contributed by atoms with Gasteiger partial charge >= 0.3 is 0 Å². The maximum absolute atomic E-state index is 12.2. The fraction of sp³-hybridized carbons (Fsp3) is 0.421. The predicted molar refractivity (Wildman–Crippen MR) is 102 cm³/mol. The van der Waals surface area contributed by atoms with Crippen LogP contribution in [0.2, 0.25) is 0 Å². The van der Waals surface area contributed by atoms with Gasteiger partial charge in [0, 0.05) is 12.2 Å². The van der Waals surface area contributed by atoms with Crippen molar-refractivity contribution in [3.8, 4) is 0 Å². The Bertz CT molecular complexity index is 736. The van der Waals surface area contributed by atoms with Crippen LogP contribution in [0.25, 0.3) is 0 Å².